The second-order valence-corrected chi connectivity index (χ2v) is 4.46. The quantitative estimate of drug-likeness (QED) is 0.547. The molecule has 0 aromatic carbocycles. The average Bonchev–Trinajstić information content (AvgIpc) is 2.68. The van der Waals surface area contributed by atoms with Crippen molar-refractivity contribution in [1.29, 1.82) is 0 Å². The lowest BCUT2D eigenvalue weighted by Gasteiger charge is -2.07. The van der Waals surface area contributed by atoms with Gasteiger partial charge in [-0.15, -0.1) is 0 Å². The molecule has 0 bridgehead atoms. The number of aromatic nitrogens is 2. The normalized spacial score (nSPS) is 12.2. The Hall–Kier alpha value is -1.96. The van der Waals surface area contributed by atoms with Crippen LogP contribution in [0.5, 0.6) is 0 Å². The number of nitro groups is 1. The SMILES string of the molecule is Cc1nc([N+](=O)[O-])cn1CCC(=O)NCCC(C)N. The van der Waals surface area contributed by atoms with Crippen LogP contribution in [0, 0.1) is 17.0 Å². The van der Waals surface area contributed by atoms with E-state index in [1.807, 2.05) is 6.92 Å². The van der Waals surface area contributed by atoms with Gasteiger partial charge in [0.15, 0.2) is 0 Å². The first kappa shape index (κ1) is 15.1. The first-order valence-corrected chi connectivity index (χ1v) is 6.10. The van der Waals surface area contributed by atoms with E-state index in [0.717, 1.165) is 6.42 Å². The molecule has 8 heteroatoms. The highest BCUT2D eigenvalue weighted by molar-refractivity contribution is 5.75. The van der Waals surface area contributed by atoms with E-state index in [1.165, 1.54) is 6.20 Å². The monoisotopic (exact) mass is 269 g/mol. The van der Waals surface area contributed by atoms with Crippen molar-refractivity contribution in [1.82, 2.24) is 14.9 Å². The number of hydrogen-bond donors (Lipinski definition) is 2. The van der Waals surface area contributed by atoms with Crippen molar-refractivity contribution in [3.05, 3.63) is 22.1 Å². The lowest BCUT2D eigenvalue weighted by atomic mass is 10.2. The Bertz CT molecular complexity index is 455. The van der Waals surface area contributed by atoms with Crippen molar-refractivity contribution in [2.24, 2.45) is 5.73 Å². The fourth-order valence-electron chi connectivity index (χ4n) is 1.56. The van der Waals surface area contributed by atoms with E-state index in [2.05, 4.69) is 10.3 Å². The van der Waals surface area contributed by atoms with Crippen LogP contribution in [0.4, 0.5) is 5.82 Å². The van der Waals surface area contributed by atoms with Gasteiger partial charge in [-0.05, 0) is 23.3 Å². The fraction of sp³-hybridized carbons (Fsp3) is 0.636. The van der Waals surface area contributed by atoms with Gasteiger partial charge in [0.1, 0.15) is 6.20 Å². The van der Waals surface area contributed by atoms with E-state index in [4.69, 9.17) is 5.73 Å². The predicted octanol–water partition coefficient (Wildman–Crippen LogP) is 0.343. The minimum atomic E-state index is -0.549. The smallest absolute Gasteiger partial charge is 0.358 e. The molecule has 1 atom stereocenters. The standard InChI is InChI=1S/C11H19N5O3/c1-8(12)3-5-13-11(17)4-6-15-7-10(16(18)19)14-9(15)2/h7-8H,3-6,12H2,1-2H3,(H,13,17). The van der Waals surface area contributed by atoms with Crippen LogP contribution >= 0.6 is 0 Å². The zero-order valence-corrected chi connectivity index (χ0v) is 11.1. The van der Waals surface area contributed by atoms with Gasteiger partial charge in [-0.1, -0.05) is 0 Å². The van der Waals surface area contributed by atoms with E-state index < -0.39 is 4.92 Å². The maximum Gasteiger partial charge on any atom is 0.381 e. The van der Waals surface area contributed by atoms with Gasteiger partial charge in [-0.2, -0.15) is 0 Å². The molecule has 19 heavy (non-hydrogen) atoms. The molecule has 0 aliphatic heterocycles. The van der Waals surface area contributed by atoms with Crippen LogP contribution in [0.25, 0.3) is 0 Å². The summed E-state index contributed by atoms with van der Waals surface area (Å²) in [6.45, 7) is 4.46. The van der Waals surface area contributed by atoms with Gasteiger partial charge in [0.05, 0.1) is 0 Å². The molecule has 8 nitrogen and oxygen atoms in total. The fourth-order valence-corrected chi connectivity index (χ4v) is 1.56. The number of nitrogens with two attached hydrogens (primary N) is 1. The first-order valence-electron chi connectivity index (χ1n) is 6.10. The number of carbonyl (C=O) groups is 1. The molecule has 0 aliphatic rings. The van der Waals surface area contributed by atoms with Gasteiger partial charge < -0.3 is 25.7 Å². The lowest BCUT2D eigenvalue weighted by molar-refractivity contribution is -0.389. The molecular weight excluding hydrogens is 250 g/mol. The number of imidazole rings is 1. The topological polar surface area (TPSA) is 116 Å². The Balaban J connectivity index is 2.39. The van der Waals surface area contributed by atoms with Gasteiger partial charge in [-0.25, -0.2) is 0 Å². The highest BCUT2D eigenvalue weighted by Gasteiger charge is 2.15. The molecule has 1 aromatic heterocycles. The van der Waals surface area contributed by atoms with Gasteiger partial charge >= 0.3 is 5.82 Å². The number of amides is 1. The summed E-state index contributed by atoms with van der Waals surface area (Å²) < 4.78 is 1.60. The van der Waals surface area contributed by atoms with Crippen molar-refractivity contribution in [2.45, 2.75) is 39.3 Å². The highest BCUT2D eigenvalue weighted by atomic mass is 16.6. The maximum absolute atomic E-state index is 11.5. The van der Waals surface area contributed by atoms with Crippen LogP contribution in [-0.2, 0) is 11.3 Å². The molecule has 1 rings (SSSR count). The van der Waals surface area contributed by atoms with Crippen LogP contribution in [0.3, 0.4) is 0 Å². The van der Waals surface area contributed by atoms with E-state index in [0.29, 0.717) is 18.9 Å². The van der Waals surface area contributed by atoms with E-state index in [9.17, 15) is 14.9 Å². The third-order valence-electron chi connectivity index (χ3n) is 2.65. The molecule has 0 saturated heterocycles. The largest absolute Gasteiger partial charge is 0.381 e. The molecule has 0 aliphatic carbocycles. The predicted molar refractivity (Wildman–Crippen MR) is 69.5 cm³/mol. The zero-order valence-electron chi connectivity index (χ0n) is 11.1. The molecule has 0 saturated carbocycles. The van der Waals surface area contributed by atoms with Crippen molar-refractivity contribution in [2.75, 3.05) is 6.54 Å². The third-order valence-corrected chi connectivity index (χ3v) is 2.65. The second-order valence-electron chi connectivity index (χ2n) is 4.46. The van der Waals surface area contributed by atoms with Crippen molar-refractivity contribution in [3.63, 3.8) is 0 Å². The molecule has 1 heterocycles. The Morgan fingerprint density at radius 2 is 2.37 bits per heavy atom. The van der Waals surface area contributed by atoms with Crippen LogP contribution in [0.15, 0.2) is 6.20 Å². The zero-order chi connectivity index (χ0) is 14.4. The average molecular weight is 269 g/mol. The van der Waals surface area contributed by atoms with Crippen LogP contribution in [0.2, 0.25) is 0 Å². The van der Waals surface area contributed by atoms with E-state index in [1.54, 1.807) is 11.5 Å². The second kappa shape index (κ2) is 6.83. The van der Waals surface area contributed by atoms with Gasteiger partial charge in [0.2, 0.25) is 11.7 Å². The Labute approximate surface area is 111 Å². The summed E-state index contributed by atoms with van der Waals surface area (Å²) in [5, 5.41) is 13.3. The summed E-state index contributed by atoms with van der Waals surface area (Å²) in [5.74, 6) is 0.223. The molecule has 1 aromatic rings. The van der Waals surface area contributed by atoms with Crippen LogP contribution in [-0.4, -0.2) is 33.0 Å². The van der Waals surface area contributed by atoms with Crippen molar-refractivity contribution in [3.8, 4) is 0 Å². The number of carbonyl (C=O) groups excluding carboxylic acids is 1. The minimum Gasteiger partial charge on any atom is -0.358 e. The summed E-state index contributed by atoms with van der Waals surface area (Å²) in [6.07, 6.45) is 2.32. The van der Waals surface area contributed by atoms with Crippen LogP contribution < -0.4 is 11.1 Å². The number of nitrogens with one attached hydrogen (secondary N) is 1. The minimum absolute atomic E-state index is 0.0545. The number of nitrogens with zero attached hydrogens (tertiary/aromatic N) is 3. The van der Waals surface area contributed by atoms with Gasteiger partial charge in [-0.3, -0.25) is 4.79 Å². The van der Waals surface area contributed by atoms with Gasteiger partial charge in [0.25, 0.3) is 0 Å². The Morgan fingerprint density at radius 3 is 2.89 bits per heavy atom. The molecule has 106 valence electrons. The molecule has 1 unspecified atom stereocenters. The molecular formula is C11H19N5O3. The third kappa shape index (κ3) is 5.04. The summed E-state index contributed by atoms with van der Waals surface area (Å²) in [5.41, 5.74) is 5.57. The number of hydrogen-bond acceptors (Lipinski definition) is 5. The van der Waals surface area contributed by atoms with Crippen LogP contribution in [0.1, 0.15) is 25.6 Å². The van der Waals surface area contributed by atoms with Crippen molar-refractivity contribution < 1.29 is 9.72 Å². The highest BCUT2D eigenvalue weighted by Crippen LogP contribution is 2.10. The van der Waals surface area contributed by atoms with Crippen molar-refractivity contribution >= 4 is 11.7 Å². The molecule has 1 amide bonds. The Kier molecular flexibility index (Phi) is 5.43. The lowest BCUT2D eigenvalue weighted by Crippen LogP contribution is -2.29. The maximum atomic E-state index is 11.5. The Morgan fingerprint density at radius 1 is 1.68 bits per heavy atom. The summed E-state index contributed by atoms with van der Waals surface area (Å²) in [7, 11) is 0. The van der Waals surface area contributed by atoms with E-state index in [-0.39, 0.29) is 24.2 Å². The summed E-state index contributed by atoms with van der Waals surface area (Å²) in [6, 6.07) is 0.0545. The molecule has 3 N–H and O–H groups in total. The van der Waals surface area contributed by atoms with Gasteiger partial charge in [0, 0.05) is 32.5 Å². The molecule has 0 spiro atoms. The van der Waals surface area contributed by atoms with E-state index >= 15 is 0 Å². The number of aryl methyl sites for hydroxylation is 2. The first-order chi connectivity index (χ1) is 8.90. The summed E-state index contributed by atoms with van der Waals surface area (Å²) in [4.78, 5) is 25.3. The summed E-state index contributed by atoms with van der Waals surface area (Å²) >= 11 is 0. The number of rotatable bonds is 7. The molecule has 0 radical (unpaired) electrons. The molecule has 0 fully saturated rings.